The number of nitrogens with two attached hydrogens (primary N) is 1. The number of carbonyl (C=O) groups is 1. The molecule has 18 heavy (non-hydrogen) atoms. The van der Waals surface area contributed by atoms with E-state index in [0.717, 1.165) is 11.3 Å². The average Bonchev–Trinajstić information content (AvgIpc) is 2.29. The molecule has 1 atom stereocenters. The van der Waals surface area contributed by atoms with Gasteiger partial charge in [-0.25, -0.2) is 0 Å². The molecule has 0 fully saturated rings. The molecule has 4 nitrogen and oxygen atoms in total. The second kappa shape index (κ2) is 5.98. The molecular weight excluding hydrogens is 228 g/mol. The number of rotatable bonds is 4. The van der Waals surface area contributed by atoms with E-state index in [-0.39, 0.29) is 11.3 Å². The van der Waals surface area contributed by atoms with Crippen LogP contribution in [0.4, 0.5) is 5.69 Å². The third-order valence-electron chi connectivity index (χ3n) is 2.79. The summed E-state index contributed by atoms with van der Waals surface area (Å²) in [5.74, 6) is -0.175. The van der Waals surface area contributed by atoms with Crippen LogP contribution in [0, 0.1) is 5.41 Å². The van der Waals surface area contributed by atoms with Crippen LogP contribution in [0.15, 0.2) is 24.3 Å². The fourth-order valence-corrected chi connectivity index (χ4v) is 1.53. The van der Waals surface area contributed by atoms with E-state index in [2.05, 4.69) is 5.32 Å². The maximum Gasteiger partial charge on any atom is 0.241 e. The van der Waals surface area contributed by atoms with E-state index in [0.29, 0.717) is 6.61 Å². The molecule has 1 aromatic carbocycles. The van der Waals surface area contributed by atoms with Crippen molar-refractivity contribution in [2.24, 2.45) is 11.1 Å². The number of benzene rings is 1. The third kappa shape index (κ3) is 3.82. The number of hydrogen-bond donors (Lipinski definition) is 2. The first kappa shape index (κ1) is 14.7. The lowest BCUT2D eigenvalue weighted by Gasteiger charge is -2.26. The minimum Gasteiger partial charge on any atom is -0.380 e. The van der Waals surface area contributed by atoms with Gasteiger partial charge in [-0.15, -0.1) is 0 Å². The van der Waals surface area contributed by atoms with E-state index < -0.39 is 6.04 Å². The number of carbonyl (C=O) groups excluding carboxylic acids is 1. The Kier molecular flexibility index (Phi) is 4.87. The molecule has 0 saturated carbocycles. The van der Waals surface area contributed by atoms with Gasteiger partial charge in [-0.2, -0.15) is 0 Å². The topological polar surface area (TPSA) is 64.3 Å². The normalized spacial score (nSPS) is 13.2. The quantitative estimate of drug-likeness (QED) is 0.860. The van der Waals surface area contributed by atoms with Gasteiger partial charge >= 0.3 is 0 Å². The summed E-state index contributed by atoms with van der Waals surface area (Å²) in [4.78, 5) is 12.0. The summed E-state index contributed by atoms with van der Waals surface area (Å²) in [6.07, 6.45) is 0. The van der Waals surface area contributed by atoms with Crippen LogP contribution >= 0.6 is 0 Å². The highest BCUT2D eigenvalue weighted by atomic mass is 16.5. The van der Waals surface area contributed by atoms with E-state index in [1.165, 1.54) is 0 Å². The third-order valence-corrected chi connectivity index (χ3v) is 2.79. The second-order valence-corrected chi connectivity index (χ2v) is 5.42. The van der Waals surface area contributed by atoms with Crippen LogP contribution in [0.2, 0.25) is 0 Å². The summed E-state index contributed by atoms with van der Waals surface area (Å²) >= 11 is 0. The van der Waals surface area contributed by atoms with Gasteiger partial charge in [0.05, 0.1) is 12.6 Å². The highest BCUT2D eigenvalue weighted by molar-refractivity contribution is 5.95. The van der Waals surface area contributed by atoms with Crippen molar-refractivity contribution in [3.05, 3.63) is 29.8 Å². The van der Waals surface area contributed by atoms with Crippen molar-refractivity contribution < 1.29 is 9.53 Å². The summed E-state index contributed by atoms with van der Waals surface area (Å²) in [6.45, 7) is 6.29. The van der Waals surface area contributed by atoms with E-state index in [4.69, 9.17) is 10.5 Å². The molecule has 0 aliphatic carbocycles. The Balaban J connectivity index is 2.82. The first-order valence-electron chi connectivity index (χ1n) is 5.99. The fourth-order valence-electron chi connectivity index (χ4n) is 1.53. The zero-order chi connectivity index (χ0) is 13.8. The van der Waals surface area contributed by atoms with Crippen molar-refractivity contribution in [3.63, 3.8) is 0 Å². The van der Waals surface area contributed by atoms with Gasteiger partial charge in [-0.05, 0) is 11.5 Å². The van der Waals surface area contributed by atoms with Crippen LogP contribution < -0.4 is 11.1 Å². The van der Waals surface area contributed by atoms with Crippen molar-refractivity contribution in [2.45, 2.75) is 33.4 Å². The molecule has 0 heterocycles. The summed E-state index contributed by atoms with van der Waals surface area (Å²) in [6, 6.07) is 7.00. The van der Waals surface area contributed by atoms with E-state index in [9.17, 15) is 4.79 Å². The summed E-state index contributed by atoms with van der Waals surface area (Å²) in [5.41, 5.74) is 7.35. The van der Waals surface area contributed by atoms with Gasteiger partial charge in [0.25, 0.3) is 0 Å². The molecule has 0 unspecified atom stereocenters. The maximum absolute atomic E-state index is 12.0. The van der Waals surface area contributed by atoms with Gasteiger partial charge in [0.15, 0.2) is 0 Å². The predicted octanol–water partition coefficient (Wildman–Crippen LogP) is 2.14. The molecule has 0 aromatic heterocycles. The molecule has 0 bridgehead atoms. The molecule has 0 aliphatic rings. The smallest absolute Gasteiger partial charge is 0.241 e. The first-order chi connectivity index (χ1) is 8.36. The minimum absolute atomic E-state index is 0.175. The van der Waals surface area contributed by atoms with E-state index in [1.807, 2.05) is 45.0 Å². The number of amides is 1. The molecule has 0 saturated heterocycles. The fraction of sp³-hybridized carbons (Fsp3) is 0.500. The van der Waals surface area contributed by atoms with Crippen LogP contribution in [0.5, 0.6) is 0 Å². The molecule has 100 valence electrons. The molecule has 1 aromatic rings. The van der Waals surface area contributed by atoms with Crippen molar-refractivity contribution >= 4 is 11.6 Å². The SMILES string of the molecule is COCc1ccccc1NC(=O)[C@@H](N)C(C)(C)C. The summed E-state index contributed by atoms with van der Waals surface area (Å²) < 4.78 is 5.10. The number of anilines is 1. The van der Waals surface area contributed by atoms with Gasteiger partial charge in [0, 0.05) is 18.4 Å². The predicted molar refractivity (Wildman–Crippen MR) is 73.2 cm³/mol. The molecule has 3 N–H and O–H groups in total. The Labute approximate surface area is 109 Å². The largest absolute Gasteiger partial charge is 0.380 e. The van der Waals surface area contributed by atoms with Gasteiger partial charge < -0.3 is 15.8 Å². The van der Waals surface area contributed by atoms with E-state index in [1.54, 1.807) is 7.11 Å². The highest BCUT2D eigenvalue weighted by Crippen LogP contribution is 2.21. The zero-order valence-electron chi connectivity index (χ0n) is 11.5. The summed E-state index contributed by atoms with van der Waals surface area (Å²) in [5, 5.41) is 2.86. The van der Waals surface area contributed by atoms with Gasteiger partial charge in [-0.3, -0.25) is 4.79 Å². The number of ether oxygens (including phenoxy) is 1. The van der Waals surface area contributed by atoms with Crippen molar-refractivity contribution in [1.29, 1.82) is 0 Å². The lowest BCUT2D eigenvalue weighted by molar-refractivity contribution is -0.119. The Morgan fingerprint density at radius 2 is 2.00 bits per heavy atom. The molecule has 1 rings (SSSR count). The molecular formula is C14H22N2O2. The van der Waals surface area contributed by atoms with Crippen LogP contribution in [-0.4, -0.2) is 19.1 Å². The average molecular weight is 250 g/mol. The van der Waals surface area contributed by atoms with Crippen LogP contribution in [-0.2, 0) is 16.1 Å². The Morgan fingerprint density at radius 1 is 1.39 bits per heavy atom. The second-order valence-electron chi connectivity index (χ2n) is 5.42. The van der Waals surface area contributed by atoms with Gasteiger partial charge in [-0.1, -0.05) is 39.0 Å². The lowest BCUT2D eigenvalue weighted by Crippen LogP contribution is -2.45. The first-order valence-corrected chi connectivity index (χ1v) is 5.99. The molecule has 0 radical (unpaired) electrons. The number of para-hydroxylation sites is 1. The highest BCUT2D eigenvalue weighted by Gasteiger charge is 2.27. The van der Waals surface area contributed by atoms with E-state index >= 15 is 0 Å². The Hall–Kier alpha value is -1.39. The maximum atomic E-state index is 12.0. The molecule has 0 spiro atoms. The Bertz CT molecular complexity index is 411. The van der Waals surface area contributed by atoms with Crippen LogP contribution in [0.25, 0.3) is 0 Å². The van der Waals surface area contributed by atoms with Gasteiger partial charge in [0.1, 0.15) is 0 Å². The molecule has 0 aliphatic heterocycles. The molecule has 4 heteroatoms. The Morgan fingerprint density at radius 3 is 2.56 bits per heavy atom. The molecule has 1 amide bonds. The van der Waals surface area contributed by atoms with Crippen LogP contribution in [0.1, 0.15) is 26.3 Å². The number of hydrogen-bond acceptors (Lipinski definition) is 3. The standard InChI is InChI=1S/C14H22N2O2/c1-14(2,3)12(15)13(17)16-11-8-6-5-7-10(11)9-18-4/h5-8,12H,9,15H2,1-4H3,(H,16,17)/t12-/m1/s1. The lowest BCUT2D eigenvalue weighted by atomic mass is 9.87. The van der Waals surface area contributed by atoms with Crippen LogP contribution in [0.3, 0.4) is 0 Å². The van der Waals surface area contributed by atoms with Crippen molar-refractivity contribution in [1.82, 2.24) is 0 Å². The minimum atomic E-state index is -0.548. The van der Waals surface area contributed by atoms with Crippen molar-refractivity contribution in [3.8, 4) is 0 Å². The number of nitrogens with one attached hydrogen (secondary N) is 1. The number of methoxy groups -OCH3 is 1. The zero-order valence-corrected chi connectivity index (χ0v) is 11.5. The summed E-state index contributed by atoms with van der Waals surface area (Å²) in [7, 11) is 1.62. The monoisotopic (exact) mass is 250 g/mol. The van der Waals surface area contributed by atoms with Gasteiger partial charge in [0.2, 0.25) is 5.91 Å². The van der Waals surface area contributed by atoms with Crippen molar-refractivity contribution in [2.75, 3.05) is 12.4 Å².